The van der Waals surface area contributed by atoms with E-state index in [1.165, 1.54) is 43.4 Å². The molecule has 16 aromatic rings. The van der Waals surface area contributed by atoms with Crippen LogP contribution in [0.5, 0.6) is 0 Å². The molecule has 12 aromatic carbocycles. The van der Waals surface area contributed by atoms with Gasteiger partial charge in [0, 0.05) is 44.3 Å². The third kappa shape index (κ3) is 6.74. The molecule has 0 atom stereocenters. The molecule has 4 aromatic heterocycles. The minimum atomic E-state index is 0.577. The molecule has 8 heteroatoms. The van der Waals surface area contributed by atoms with E-state index in [0.29, 0.717) is 29.3 Å². The van der Waals surface area contributed by atoms with Gasteiger partial charge in [0.05, 0.1) is 11.0 Å². The first-order valence-corrected chi connectivity index (χ1v) is 25.0. The summed E-state index contributed by atoms with van der Waals surface area (Å²) in [4.78, 5) is 25.2. The van der Waals surface area contributed by atoms with Crippen molar-refractivity contribution in [1.82, 2.24) is 29.5 Å². The Hall–Kier alpha value is -10.3. The molecule has 16 rings (SSSR count). The number of rotatable bonds is 6. The van der Waals surface area contributed by atoms with Crippen molar-refractivity contribution >= 4 is 97.9 Å². The highest BCUT2D eigenvalue weighted by atomic mass is 16.4. The van der Waals surface area contributed by atoms with Crippen molar-refractivity contribution in [3.63, 3.8) is 0 Å². The summed E-state index contributed by atoms with van der Waals surface area (Å²) < 4.78 is 14.7. The molecular weight excluding hydrogens is 921 g/mol. The van der Waals surface area contributed by atoms with Crippen LogP contribution >= 0.6 is 0 Å². The van der Waals surface area contributed by atoms with Crippen LogP contribution in [0.25, 0.3) is 161 Å². The molecule has 348 valence electrons. The summed E-state index contributed by atoms with van der Waals surface area (Å²) in [6, 6.07) is 80.6. The van der Waals surface area contributed by atoms with Gasteiger partial charge in [0.1, 0.15) is 11.0 Å². The number of nitrogens with zero attached hydrogens (tertiary/aromatic N) is 6. The summed E-state index contributed by atoms with van der Waals surface area (Å²) in [6.45, 7) is 0. The van der Waals surface area contributed by atoms with Crippen LogP contribution in [-0.2, 0) is 0 Å². The van der Waals surface area contributed by atoms with Gasteiger partial charge in [-0.2, -0.15) is 0 Å². The number of hydrogen-bond donors (Lipinski definition) is 0. The Balaban J connectivity index is 0.814. The van der Waals surface area contributed by atoms with Gasteiger partial charge in [0.15, 0.2) is 28.6 Å². The zero-order valence-corrected chi connectivity index (χ0v) is 39.9. The highest BCUT2D eigenvalue weighted by molar-refractivity contribution is 6.28. The van der Waals surface area contributed by atoms with E-state index in [-0.39, 0.29) is 0 Å². The highest BCUT2D eigenvalue weighted by Gasteiger charge is 2.20. The van der Waals surface area contributed by atoms with Crippen LogP contribution in [0.15, 0.2) is 239 Å². The molecule has 0 aliphatic rings. The summed E-state index contributed by atoms with van der Waals surface area (Å²) in [7, 11) is 0. The molecule has 0 spiro atoms. The smallest absolute Gasteiger partial charge is 0.227 e. The van der Waals surface area contributed by atoms with E-state index < -0.39 is 0 Å². The minimum absolute atomic E-state index is 0.577. The van der Waals surface area contributed by atoms with E-state index in [2.05, 4.69) is 187 Å². The normalized spacial score (nSPS) is 12.0. The van der Waals surface area contributed by atoms with Crippen molar-refractivity contribution in [2.75, 3.05) is 0 Å². The molecule has 0 fully saturated rings. The predicted molar refractivity (Wildman–Crippen MR) is 304 cm³/mol. The Labute approximate surface area is 427 Å². The number of hydrogen-bond acceptors (Lipinski definition) is 7. The minimum Gasteiger partial charge on any atom is -0.436 e. The number of fused-ring (bicyclic) bond motifs is 12. The molecule has 0 N–H and O–H groups in total. The molecule has 8 nitrogen and oxygen atoms in total. The van der Waals surface area contributed by atoms with Gasteiger partial charge in [-0.3, -0.25) is 0 Å². The standard InChI is InChI=1S/C67H38N6O2/c1-3-11-53-39(9-1)28-31-57-61(53)62-54-12-4-2-10-40(54)29-32-58(62)73(57)52-30-27-45-35-49(24-19-46(45)38-52)65-71-63(47-22-17-43-36-50(25-20-41(43)33-47)66-68-55-13-5-7-15-59(55)74-66)70-64(72-65)48-23-18-44-37-51(26-21-42(44)34-48)67-69-56-14-6-8-16-60(56)75-67/h1-38H. The Kier molecular flexibility index (Phi) is 8.87. The fourth-order valence-corrected chi connectivity index (χ4v) is 11.1. The second-order valence-electron chi connectivity index (χ2n) is 19.3. The van der Waals surface area contributed by atoms with Crippen molar-refractivity contribution in [3.05, 3.63) is 231 Å². The van der Waals surface area contributed by atoms with E-state index in [4.69, 9.17) is 33.8 Å². The van der Waals surface area contributed by atoms with Crippen LogP contribution in [0.4, 0.5) is 0 Å². The van der Waals surface area contributed by atoms with Crippen molar-refractivity contribution < 1.29 is 8.83 Å². The topological polar surface area (TPSA) is 95.7 Å². The fraction of sp³-hybridized carbons (Fsp3) is 0. The molecule has 75 heavy (non-hydrogen) atoms. The Bertz CT molecular complexity index is 4710. The molecule has 0 bridgehead atoms. The van der Waals surface area contributed by atoms with Crippen LogP contribution in [0.2, 0.25) is 0 Å². The third-order valence-corrected chi connectivity index (χ3v) is 14.8. The van der Waals surface area contributed by atoms with Gasteiger partial charge >= 0.3 is 0 Å². The van der Waals surface area contributed by atoms with Crippen LogP contribution in [0.1, 0.15) is 0 Å². The third-order valence-electron chi connectivity index (χ3n) is 14.8. The van der Waals surface area contributed by atoms with Crippen molar-refractivity contribution in [2.45, 2.75) is 0 Å². The van der Waals surface area contributed by atoms with Gasteiger partial charge in [0.25, 0.3) is 0 Å². The van der Waals surface area contributed by atoms with Crippen molar-refractivity contribution in [2.24, 2.45) is 0 Å². The van der Waals surface area contributed by atoms with Crippen LogP contribution < -0.4 is 0 Å². The highest BCUT2D eigenvalue weighted by Crippen LogP contribution is 2.42. The first-order chi connectivity index (χ1) is 37.1. The van der Waals surface area contributed by atoms with Crippen LogP contribution in [0.3, 0.4) is 0 Å². The molecule has 0 radical (unpaired) electrons. The van der Waals surface area contributed by atoms with Gasteiger partial charge in [0.2, 0.25) is 11.8 Å². The van der Waals surface area contributed by atoms with Gasteiger partial charge in [-0.25, -0.2) is 24.9 Å². The lowest BCUT2D eigenvalue weighted by Gasteiger charge is -2.12. The van der Waals surface area contributed by atoms with Crippen molar-refractivity contribution in [1.29, 1.82) is 0 Å². The number of benzene rings is 12. The number of aromatic nitrogens is 6. The molecule has 0 amide bonds. The Morgan fingerprint density at radius 3 is 1.09 bits per heavy atom. The van der Waals surface area contributed by atoms with Gasteiger partial charge < -0.3 is 13.4 Å². The lowest BCUT2D eigenvalue weighted by atomic mass is 10.00. The maximum Gasteiger partial charge on any atom is 0.227 e. The predicted octanol–water partition coefficient (Wildman–Crippen LogP) is 17.4. The van der Waals surface area contributed by atoms with E-state index in [1.54, 1.807) is 0 Å². The lowest BCUT2D eigenvalue weighted by Crippen LogP contribution is -2.00. The van der Waals surface area contributed by atoms with E-state index in [0.717, 1.165) is 88.0 Å². The lowest BCUT2D eigenvalue weighted by molar-refractivity contribution is 0.619. The number of para-hydroxylation sites is 4. The molecule has 0 unspecified atom stereocenters. The maximum absolute atomic E-state index is 6.13. The second-order valence-corrected chi connectivity index (χ2v) is 19.3. The molecule has 0 aliphatic heterocycles. The fourth-order valence-electron chi connectivity index (χ4n) is 11.1. The Morgan fingerprint density at radius 1 is 0.280 bits per heavy atom. The molecule has 0 aliphatic carbocycles. The summed E-state index contributed by atoms with van der Waals surface area (Å²) in [5, 5.41) is 13.9. The van der Waals surface area contributed by atoms with Gasteiger partial charge in [-0.05, 0) is 145 Å². The molecule has 4 heterocycles. The quantitative estimate of drug-likeness (QED) is 0.164. The molecule has 0 saturated heterocycles. The van der Waals surface area contributed by atoms with E-state index in [9.17, 15) is 0 Å². The van der Waals surface area contributed by atoms with Crippen molar-refractivity contribution in [3.8, 4) is 62.8 Å². The van der Waals surface area contributed by atoms with Crippen LogP contribution in [-0.4, -0.2) is 29.5 Å². The molecule has 0 saturated carbocycles. The zero-order valence-electron chi connectivity index (χ0n) is 39.9. The summed E-state index contributed by atoms with van der Waals surface area (Å²) in [6.07, 6.45) is 0. The average Bonchev–Trinajstić information content (AvgIpc) is 4.26. The zero-order chi connectivity index (χ0) is 49.1. The van der Waals surface area contributed by atoms with E-state index >= 15 is 0 Å². The first-order valence-electron chi connectivity index (χ1n) is 25.0. The van der Waals surface area contributed by atoms with Gasteiger partial charge in [-0.1, -0.05) is 140 Å². The maximum atomic E-state index is 6.13. The number of oxazole rings is 2. The van der Waals surface area contributed by atoms with Crippen LogP contribution in [0, 0.1) is 0 Å². The SMILES string of the molecule is c1ccc2c(c1)ccc1c2c2c3ccccc3ccc2n1-c1ccc2cc(-c3nc(-c4ccc5cc(-c6nc7ccccc7o6)ccc5c4)nc(-c4ccc5cc(-c6nc7ccccc7o6)ccc5c4)n3)ccc2c1. The summed E-state index contributed by atoms with van der Waals surface area (Å²) >= 11 is 0. The van der Waals surface area contributed by atoms with Gasteiger partial charge in [-0.15, -0.1) is 0 Å². The average molecular weight is 959 g/mol. The summed E-state index contributed by atoms with van der Waals surface area (Å²) in [5.74, 6) is 2.92. The Morgan fingerprint density at radius 2 is 0.640 bits per heavy atom. The van der Waals surface area contributed by atoms with E-state index in [1.807, 2.05) is 48.5 Å². The first kappa shape index (κ1) is 41.3. The monoisotopic (exact) mass is 958 g/mol. The second kappa shape index (κ2) is 16.1. The molecular formula is C67H38N6O2. The largest absolute Gasteiger partial charge is 0.436 e. The summed E-state index contributed by atoms with van der Waals surface area (Å²) in [5.41, 5.74) is 11.1.